The van der Waals surface area contributed by atoms with Gasteiger partial charge in [0.1, 0.15) is 5.82 Å². The lowest BCUT2D eigenvalue weighted by molar-refractivity contribution is 0.112. The van der Waals surface area contributed by atoms with Crippen molar-refractivity contribution in [2.75, 3.05) is 45.9 Å². The maximum Gasteiger partial charge on any atom is 0.123 e. The molecule has 0 atom stereocenters. The molecule has 1 heterocycles. The molecule has 1 aliphatic heterocycles. The van der Waals surface area contributed by atoms with Crippen LogP contribution in [0.5, 0.6) is 0 Å². The molecule has 0 unspecified atom stereocenters. The molecule has 1 aromatic rings. The van der Waals surface area contributed by atoms with E-state index in [-0.39, 0.29) is 12.4 Å². The van der Waals surface area contributed by atoms with Gasteiger partial charge < -0.3 is 10.0 Å². The highest BCUT2D eigenvalue weighted by molar-refractivity contribution is 5.15. The second-order valence-corrected chi connectivity index (χ2v) is 5.14. The number of aryl methyl sites for hydroxylation is 1. The SMILES string of the molecule is OCCN1CCN(CCCc2ccc(F)cc2)CC1. The van der Waals surface area contributed by atoms with Crippen LogP contribution in [0.15, 0.2) is 24.3 Å². The van der Waals surface area contributed by atoms with Crippen LogP contribution in [0.4, 0.5) is 4.39 Å². The van der Waals surface area contributed by atoms with Gasteiger partial charge in [0.05, 0.1) is 6.61 Å². The Morgan fingerprint density at radius 1 is 0.947 bits per heavy atom. The highest BCUT2D eigenvalue weighted by Crippen LogP contribution is 2.07. The van der Waals surface area contributed by atoms with Crippen LogP contribution >= 0.6 is 0 Å². The second kappa shape index (κ2) is 7.58. The third-order valence-corrected chi connectivity index (χ3v) is 3.73. The average Bonchev–Trinajstić information content (AvgIpc) is 2.43. The van der Waals surface area contributed by atoms with Crippen molar-refractivity contribution in [1.29, 1.82) is 0 Å². The lowest BCUT2D eigenvalue weighted by Gasteiger charge is -2.34. The number of rotatable bonds is 6. The Hall–Kier alpha value is -0.970. The monoisotopic (exact) mass is 266 g/mol. The van der Waals surface area contributed by atoms with Crippen LogP contribution in [0.25, 0.3) is 0 Å². The van der Waals surface area contributed by atoms with Crippen molar-refractivity contribution in [3.05, 3.63) is 35.6 Å². The first-order chi connectivity index (χ1) is 9.28. The summed E-state index contributed by atoms with van der Waals surface area (Å²) < 4.78 is 12.8. The third-order valence-electron chi connectivity index (χ3n) is 3.73. The smallest absolute Gasteiger partial charge is 0.123 e. The fourth-order valence-electron chi connectivity index (χ4n) is 2.54. The average molecular weight is 266 g/mol. The molecule has 1 aliphatic rings. The van der Waals surface area contributed by atoms with E-state index < -0.39 is 0 Å². The normalized spacial score (nSPS) is 17.8. The largest absolute Gasteiger partial charge is 0.395 e. The summed E-state index contributed by atoms with van der Waals surface area (Å²) in [6.45, 7) is 6.43. The van der Waals surface area contributed by atoms with Crippen molar-refractivity contribution >= 4 is 0 Å². The van der Waals surface area contributed by atoms with Crippen molar-refractivity contribution in [1.82, 2.24) is 9.80 Å². The van der Waals surface area contributed by atoms with E-state index in [0.717, 1.165) is 52.1 Å². The number of hydrogen-bond donors (Lipinski definition) is 1. The van der Waals surface area contributed by atoms with Gasteiger partial charge in [0.2, 0.25) is 0 Å². The molecule has 19 heavy (non-hydrogen) atoms. The number of aliphatic hydroxyl groups is 1. The first-order valence-corrected chi connectivity index (χ1v) is 7.08. The van der Waals surface area contributed by atoms with Crippen LogP contribution in [-0.2, 0) is 6.42 Å². The quantitative estimate of drug-likeness (QED) is 0.842. The van der Waals surface area contributed by atoms with E-state index in [4.69, 9.17) is 5.11 Å². The molecule has 4 heteroatoms. The molecule has 0 bridgehead atoms. The van der Waals surface area contributed by atoms with Crippen molar-refractivity contribution in [2.24, 2.45) is 0 Å². The summed E-state index contributed by atoms with van der Waals surface area (Å²) >= 11 is 0. The summed E-state index contributed by atoms with van der Waals surface area (Å²) in [6, 6.07) is 6.80. The zero-order valence-corrected chi connectivity index (χ0v) is 11.4. The molecule has 0 spiro atoms. The van der Waals surface area contributed by atoms with Gasteiger partial charge in [-0.15, -0.1) is 0 Å². The molecule has 2 rings (SSSR count). The lowest BCUT2D eigenvalue weighted by Crippen LogP contribution is -2.47. The van der Waals surface area contributed by atoms with Gasteiger partial charge in [-0.1, -0.05) is 12.1 Å². The summed E-state index contributed by atoms with van der Waals surface area (Å²) in [7, 11) is 0. The number of halogens is 1. The number of hydrogen-bond acceptors (Lipinski definition) is 3. The van der Waals surface area contributed by atoms with E-state index in [9.17, 15) is 4.39 Å². The Labute approximate surface area is 114 Å². The maximum absolute atomic E-state index is 12.8. The minimum Gasteiger partial charge on any atom is -0.395 e. The van der Waals surface area contributed by atoms with E-state index in [1.54, 1.807) is 0 Å². The van der Waals surface area contributed by atoms with Crippen molar-refractivity contribution < 1.29 is 9.50 Å². The van der Waals surface area contributed by atoms with E-state index in [1.165, 1.54) is 17.7 Å². The van der Waals surface area contributed by atoms with E-state index in [1.807, 2.05) is 12.1 Å². The zero-order chi connectivity index (χ0) is 13.5. The van der Waals surface area contributed by atoms with Crippen LogP contribution in [-0.4, -0.2) is 60.8 Å². The number of benzene rings is 1. The predicted molar refractivity (Wildman–Crippen MR) is 74.7 cm³/mol. The Kier molecular flexibility index (Phi) is 5.76. The van der Waals surface area contributed by atoms with E-state index in [0.29, 0.717) is 0 Å². The minimum atomic E-state index is -0.163. The molecular formula is C15H23FN2O. The van der Waals surface area contributed by atoms with Crippen molar-refractivity contribution in [2.45, 2.75) is 12.8 Å². The second-order valence-electron chi connectivity index (χ2n) is 5.14. The van der Waals surface area contributed by atoms with Gasteiger partial charge >= 0.3 is 0 Å². The fraction of sp³-hybridized carbons (Fsp3) is 0.600. The first-order valence-electron chi connectivity index (χ1n) is 7.08. The van der Waals surface area contributed by atoms with Gasteiger partial charge in [0, 0.05) is 32.7 Å². The fourth-order valence-corrected chi connectivity index (χ4v) is 2.54. The molecule has 1 aromatic carbocycles. The van der Waals surface area contributed by atoms with Crippen LogP contribution < -0.4 is 0 Å². The maximum atomic E-state index is 12.8. The molecule has 0 amide bonds. The van der Waals surface area contributed by atoms with Crippen LogP contribution in [0, 0.1) is 5.82 Å². The van der Waals surface area contributed by atoms with Crippen molar-refractivity contribution in [3.8, 4) is 0 Å². The third kappa shape index (κ3) is 4.90. The molecular weight excluding hydrogens is 243 g/mol. The number of aliphatic hydroxyl groups excluding tert-OH is 1. The van der Waals surface area contributed by atoms with Gasteiger partial charge in [0.15, 0.2) is 0 Å². The highest BCUT2D eigenvalue weighted by atomic mass is 19.1. The van der Waals surface area contributed by atoms with E-state index >= 15 is 0 Å². The summed E-state index contributed by atoms with van der Waals surface area (Å²) in [5.74, 6) is -0.163. The molecule has 0 saturated carbocycles. The molecule has 106 valence electrons. The van der Waals surface area contributed by atoms with Gasteiger partial charge in [-0.25, -0.2) is 4.39 Å². The number of nitrogens with zero attached hydrogens (tertiary/aromatic N) is 2. The van der Waals surface area contributed by atoms with Crippen molar-refractivity contribution in [3.63, 3.8) is 0 Å². The predicted octanol–water partition coefficient (Wildman–Crippen LogP) is 1.37. The Morgan fingerprint density at radius 2 is 1.53 bits per heavy atom. The molecule has 0 aliphatic carbocycles. The molecule has 3 nitrogen and oxygen atoms in total. The number of β-amino-alcohol motifs (C(OH)–C–C–N with tert-alkyl or cyclic N) is 1. The van der Waals surface area contributed by atoms with Gasteiger partial charge in [-0.3, -0.25) is 4.90 Å². The Balaban J connectivity index is 1.63. The molecule has 1 saturated heterocycles. The first kappa shape index (κ1) is 14.4. The topological polar surface area (TPSA) is 26.7 Å². The summed E-state index contributed by atoms with van der Waals surface area (Å²) in [4.78, 5) is 4.77. The standard InChI is InChI=1S/C15H23FN2O/c16-15-5-3-14(4-6-15)2-1-7-17-8-10-18(11-9-17)12-13-19/h3-6,19H,1-2,7-13H2. The summed E-state index contributed by atoms with van der Waals surface area (Å²) in [5, 5.41) is 8.89. The van der Waals surface area contributed by atoms with Crippen LogP contribution in [0.3, 0.4) is 0 Å². The summed E-state index contributed by atoms with van der Waals surface area (Å²) in [6.07, 6.45) is 2.13. The molecule has 0 radical (unpaired) electrons. The lowest BCUT2D eigenvalue weighted by atomic mass is 10.1. The van der Waals surface area contributed by atoms with E-state index in [2.05, 4.69) is 9.80 Å². The molecule has 0 aromatic heterocycles. The molecule has 1 N–H and O–H groups in total. The van der Waals surface area contributed by atoms with Gasteiger partial charge in [0.25, 0.3) is 0 Å². The van der Waals surface area contributed by atoms with Crippen LogP contribution in [0.2, 0.25) is 0 Å². The Morgan fingerprint density at radius 3 is 2.11 bits per heavy atom. The zero-order valence-electron chi connectivity index (χ0n) is 11.4. The van der Waals surface area contributed by atoms with Gasteiger partial charge in [-0.2, -0.15) is 0 Å². The van der Waals surface area contributed by atoms with Crippen LogP contribution in [0.1, 0.15) is 12.0 Å². The summed E-state index contributed by atoms with van der Waals surface area (Å²) in [5.41, 5.74) is 1.21. The minimum absolute atomic E-state index is 0.163. The number of piperazine rings is 1. The highest BCUT2D eigenvalue weighted by Gasteiger charge is 2.15. The Bertz CT molecular complexity index is 361. The van der Waals surface area contributed by atoms with Gasteiger partial charge in [-0.05, 0) is 37.1 Å². The molecule has 1 fully saturated rings.